The van der Waals surface area contributed by atoms with E-state index >= 15 is 0 Å². The monoisotopic (exact) mass is 344 g/mol. The molecule has 3 nitrogen and oxygen atoms in total. The second-order valence-corrected chi connectivity index (χ2v) is 6.00. The first kappa shape index (κ1) is 19.0. The number of ketones is 1. The number of hydrogen-bond donors (Lipinski definition) is 0. The number of rotatable bonds is 8. The van der Waals surface area contributed by atoms with Crippen molar-refractivity contribution < 1.29 is 18.7 Å². The molecule has 0 aromatic heterocycles. The fourth-order valence-corrected chi connectivity index (χ4v) is 2.96. The first-order valence-corrected chi connectivity index (χ1v) is 8.63. The number of halogens is 1. The van der Waals surface area contributed by atoms with Gasteiger partial charge in [-0.1, -0.05) is 26.7 Å². The lowest BCUT2D eigenvalue weighted by molar-refractivity contribution is 0.103. The topological polar surface area (TPSA) is 35.5 Å². The molecule has 0 saturated carbocycles. The highest BCUT2D eigenvalue weighted by Gasteiger charge is 2.20. The number of methoxy groups -OCH3 is 2. The van der Waals surface area contributed by atoms with E-state index in [-0.39, 0.29) is 11.3 Å². The highest BCUT2D eigenvalue weighted by atomic mass is 19.1. The van der Waals surface area contributed by atoms with E-state index in [0.29, 0.717) is 11.3 Å². The number of ether oxygens (including phenoxy) is 2. The molecule has 4 heteroatoms. The second-order valence-electron chi connectivity index (χ2n) is 6.00. The van der Waals surface area contributed by atoms with Gasteiger partial charge in [0.25, 0.3) is 0 Å². The summed E-state index contributed by atoms with van der Waals surface area (Å²) in [6, 6.07) is 8.11. The van der Waals surface area contributed by atoms with E-state index in [0.717, 1.165) is 42.6 Å². The molecule has 0 heterocycles. The van der Waals surface area contributed by atoms with Crippen LogP contribution in [-0.4, -0.2) is 20.0 Å². The fraction of sp³-hybridized carbons (Fsp3) is 0.381. The van der Waals surface area contributed by atoms with Gasteiger partial charge in [-0.2, -0.15) is 0 Å². The molecule has 0 aliphatic carbocycles. The van der Waals surface area contributed by atoms with E-state index in [9.17, 15) is 9.18 Å². The molecule has 0 N–H and O–H groups in total. The maximum absolute atomic E-state index is 14.4. The molecule has 0 unspecified atom stereocenters. The van der Waals surface area contributed by atoms with Gasteiger partial charge >= 0.3 is 0 Å². The number of carbonyl (C=O) groups excluding carboxylic acids is 1. The molecule has 134 valence electrons. The Morgan fingerprint density at radius 3 is 2.16 bits per heavy atom. The molecule has 0 fully saturated rings. The van der Waals surface area contributed by atoms with Gasteiger partial charge in [-0.15, -0.1) is 0 Å². The third-order valence-electron chi connectivity index (χ3n) is 4.21. The van der Waals surface area contributed by atoms with Crippen LogP contribution >= 0.6 is 0 Å². The average molecular weight is 344 g/mol. The van der Waals surface area contributed by atoms with Gasteiger partial charge in [-0.3, -0.25) is 4.79 Å². The molecule has 25 heavy (non-hydrogen) atoms. The second kappa shape index (κ2) is 8.65. The van der Waals surface area contributed by atoms with E-state index < -0.39 is 5.82 Å². The Bertz CT molecular complexity index is 753. The third kappa shape index (κ3) is 4.19. The van der Waals surface area contributed by atoms with Crippen LogP contribution in [0.25, 0.3) is 0 Å². The van der Waals surface area contributed by atoms with Crippen LogP contribution in [0.1, 0.15) is 53.7 Å². The smallest absolute Gasteiger partial charge is 0.196 e. The number of carbonyl (C=O) groups is 1. The Balaban J connectivity index is 2.55. The maximum Gasteiger partial charge on any atom is 0.196 e. The van der Waals surface area contributed by atoms with Crippen molar-refractivity contribution in [1.29, 1.82) is 0 Å². The number of hydrogen-bond acceptors (Lipinski definition) is 3. The summed E-state index contributed by atoms with van der Waals surface area (Å²) in [5.74, 6) is 0.310. The molecule has 2 aromatic rings. The molecular weight excluding hydrogens is 319 g/mol. The molecule has 0 aliphatic heterocycles. The van der Waals surface area contributed by atoms with E-state index in [2.05, 4.69) is 13.8 Å². The number of benzene rings is 2. The molecule has 0 bridgehead atoms. The van der Waals surface area contributed by atoms with Crippen LogP contribution in [0.2, 0.25) is 0 Å². The number of aryl methyl sites for hydroxylation is 2. The van der Waals surface area contributed by atoms with Crippen molar-refractivity contribution in [3.63, 3.8) is 0 Å². The van der Waals surface area contributed by atoms with Crippen LogP contribution in [0, 0.1) is 5.82 Å². The Kier molecular flexibility index (Phi) is 6.57. The van der Waals surface area contributed by atoms with Crippen molar-refractivity contribution in [3.8, 4) is 11.5 Å². The van der Waals surface area contributed by atoms with Gasteiger partial charge in [0.2, 0.25) is 0 Å². The first-order chi connectivity index (χ1) is 12.0. The first-order valence-electron chi connectivity index (χ1n) is 8.63. The van der Waals surface area contributed by atoms with Crippen LogP contribution < -0.4 is 9.47 Å². The van der Waals surface area contributed by atoms with Gasteiger partial charge in [0, 0.05) is 11.6 Å². The van der Waals surface area contributed by atoms with Crippen molar-refractivity contribution in [2.45, 2.75) is 39.5 Å². The van der Waals surface area contributed by atoms with Crippen molar-refractivity contribution in [1.82, 2.24) is 0 Å². The minimum atomic E-state index is -0.570. The van der Waals surface area contributed by atoms with Gasteiger partial charge in [0.15, 0.2) is 5.78 Å². The van der Waals surface area contributed by atoms with Gasteiger partial charge in [0.05, 0.1) is 19.8 Å². The lowest BCUT2D eigenvalue weighted by Crippen LogP contribution is -2.10. The third-order valence-corrected chi connectivity index (χ3v) is 4.21. The zero-order chi connectivity index (χ0) is 18.4. The SMILES string of the molecule is CCCc1cc(C(=O)c2ccc(OC)cc2F)c(CCC)cc1OC. The molecule has 0 aliphatic rings. The van der Waals surface area contributed by atoms with Crippen molar-refractivity contribution in [2.24, 2.45) is 0 Å². The van der Waals surface area contributed by atoms with Gasteiger partial charge in [0.1, 0.15) is 17.3 Å². The highest BCUT2D eigenvalue weighted by molar-refractivity contribution is 6.10. The molecular formula is C21H25FO3. The molecule has 0 spiro atoms. The van der Waals surface area contributed by atoms with Crippen molar-refractivity contribution >= 4 is 5.78 Å². The predicted octanol–water partition coefficient (Wildman–Crippen LogP) is 4.98. The predicted molar refractivity (Wildman–Crippen MR) is 97.4 cm³/mol. The van der Waals surface area contributed by atoms with Crippen LogP contribution in [-0.2, 0) is 12.8 Å². The van der Waals surface area contributed by atoms with E-state index in [4.69, 9.17) is 9.47 Å². The van der Waals surface area contributed by atoms with Gasteiger partial charge in [-0.25, -0.2) is 4.39 Å². The minimum Gasteiger partial charge on any atom is -0.497 e. The maximum atomic E-state index is 14.4. The van der Waals surface area contributed by atoms with E-state index in [1.807, 2.05) is 12.1 Å². The zero-order valence-electron chi connectivity index (χ0n) is 15.3. The molecule has 0 atom stereocenters. The molecule has 0 saturated heterocycles. The molecule has 0 radical (unpaired) electrons. The van der Waals surface area contributed by atoms with E-state index in [1.165, 1.54) is 19.2 Å². The molecule has 2 rings (SSSR count). The lowest BCUT2D eigenvalue weighted by atomic mass is 9.92. The van der Waals surface area contributed by atoms with Crippen LogP contribution in [0.5, 0.6) is 11.5 Å². The standard InChI is InChI=1S/C21H25FO3/c1-5-7-14-12-20(25-4)15(8-6-2)11-18(14)21(23)17-10-9-16(24-3)13-19(17)22/h9-13H,5-8H2,1-4H3. The molecule has 0 amide bonds. The summed E-state index contributed by atoms with van der Waals surface area (Å²) in [7, 11) is 3.10. The minimum absolute atomic E-state index is 0.0609. The van der Waals surface area contributed by atoms with Crippen molar-refractivity contribution in [2.75, 3.05) is 14.2 Å². The largest absolute Gasteiger partial charge is 0.497 e. The quantitative estimate of drug-likeness (QED) is 0.634. The Hall–Kier alpha value is -2.36. The molecule has 2 aromatic carbocycles. The summed E-state index contributed by atoms with van der Waals surface area (Å²) in [5, 5.41) is 0. The van der Waals surface area contributed by atoms with Gasteiger partial charge in [-0.05, 0) is 48.2 Å². The Morgan fingerprint density at radius 1 is 0.920 bits per heavy atom. The van der Waals surface area contributed by atoms with Crippen LogP contribution in [0.4, 0.5) is 4.39 Å². The van der Waals surface area contributed by atoms with E-state index in [1.54, 1.807) is 13.2 Å². The Labute approximate surface area is 148 Å². The summed E-state index contributed by atoms with van der Waals surface area (Å²) in [4.78, 5) is 13.0. The summed E-state index contributed by atoms with van der Waals surface area (Å²) in [6.07, 6.45) is 3.37. The van der Waals surface area contributed by atoms with Gasteiger partial charge < -0.3 is 9.47 Å². The van der Waals surface area contributed by atoms with Crippen LogP contribution in [0.15, 0.2) is 30.3 Å². The summed E-state index contributed by atoms with van der Waals surface area (Å²) >= 11 is 0. The summed E-state index contributed by atoms with van der Waals surface area (Å²) in [6.45, 7) is 4.12. The lowest BCUT2D eigenvalue weighted by Gasteiger charge is -2.15. The highest BCUT2D eigenvalue weighted by Crippen LogP contribution is 2.29. The fourth-order valence-electron chi connectivity index (χ4n) is 2.96. The normalized spacial score (nSPS) is 10.6. The summed E-state index contributed by atoms with van der Waals surface area (Å²) in [5.41, 5.74) is 2.47. The average Bonchev–Trinajstić information content (AvgIpc) is 2.62. The zero-order valence-corrected chi connectivity index (χ0v) is 15.3. The Morgan fingerprint density at radius 2 is 1.60 bits per heavy atom. The van der Waals surface area contributed by atoms with Crippen LogP contribution in [0.3, 0.4) is 0 Å². The van der Waals surface area contributed by atoms with Crippen molar-refractivity contribution in [3.05, 3.63) is 58.4 Å². The summed E-state index contributed by atoms with van der Waals surface area (Å²) < 4.78 is 24.8.